The zero-order chi connectivity index (χ0) is 14.0. The van der Waals surface area contributed by atoms with Crippen molar-refractivity contribution in [3.05, 3.63) is 29.0 Å². The van der Waals surface area contributed by atoms with Gasteiger partial charge in [-0.3, -0.25) is 9.59 Å². The molecule has 1 aliphatic heterocycles. The number of carbonyl (C=O) groups excluding carboxylic acids is 2. The summed E-state index contributed by atoms with van der Waals surface area (Å²) < 4.78 is 13.4. The Hall–Kier alpha value is -1.07. The first kappa shape index (κ1) is 14.3. The summed E-state index contributed by atoms with van der Waals surface area (Å²) >= 11 is 6.84. The number of hydrogen-bond donors (Lipinski definition) is 0. The average Bonchev–Trinajstić information content (AvgIpc) is 2.72. The average molecular weight is 302 g/mol. The van der Waals surface area contributed by atoms with Crippen molar-refractivity contribution < 1.29 is 14.0 Å². The van der Waals surface area contributed by atoms with Gasteiger partial charge in [0.15, 0.2) is 5.12 Å². The van der Waals surface area contributed by atoms with Crippen molar-refractivity contribution in [1.82, 2.24) is 0 Å². The maximum Gasteiger partial charge on any atom is 0.227 e. The third-order valence-corrected chi connectivity index (χ3v) is 4.29. The van der Waals surface area contributed by atoms with Crippen LogP contribution in [-0.4, -0.2) is 23.3 Å². The lowest BCUT2D eigenvalue weighted by Crippen LogP contribution is -2.24. The molecule has 19 heavy (non-hydrogen) atoms. The van der Waals surface area contributed by atoms with Gasteiger partial charge < -0.3 is 4.90 Å². The van der Waals surface area contributed by atoms with Crippen molar-refractivity contribution in [2.45, 2.75) is 13.3 Å². The van der Waals surface area contributed by atoms with Crippen molar-refractivity contribution in [3.63, 3.8) is 0 Å². The molecule has 0 N–H and O–H groups in total. The van der Waals surface area contributed by atoms with Crippen LogP contribution >= 0.6 is 23.4 Å². The van der Waals surface area contributed by atoms with Crippen molar-refractivity contribution in [2.75, 3.05) is 17.2 Å². The Morgan fingerprint density at radius 3 is 2.95 bits per heavy atom. The predicted molar refractivity (Wildman–Crippen MR) is 75.0 cm³/mol. The first-order valence-corrected chi connectivity index (χ1v) is 7.22. The lowest BCUT2D eigenvalue weighted by atomic mass is 10.1. The normalized spacial score (nSPS) is 19.0. The van der Waals surface area contributed by atoms with E-state index in [1.807, 2.05) is 0 Å². The van der Waals surface area contributed by atoms with Gasteiger partial charge in [-0.2, -0.15) is 0 Å². The second-order valence-electron chi connectivity index (χ2n) is 4.48. The molecule has 0 spiro atoms. The van der Waals surface area contributed by atoms with Crippen LogP contribution in [-0.2, 0) is 9.59 Å². The standard InChI is InChI=1S/C13H13ClFNO2S/c1-8(17)19-7-9-4-13(18)16(6-9)10-2-3-11(14)12(15)5-10/h2-3,5,9H,4,6-7H2,1H3. The van der Waals surface area contributed by atoms with Gasteiger partial charge in [-0.05, 0) is 24.1 Å². The number of hydrogen-bond acceptors (Lipinski definition) is 3. The van der Waals surface area contributed by atoms with Crippen molar-refractivity contribution in [2.24, 2.45) is 5.92 Å². The molecule has 3 nitrogen and oxygen atoms in total. The molecule has 1 aromatic carbocycles. The van der Waals surface area contributed by atoms with Crippen LogP contribution in [0.2, 0.25) is 5.02 Å². The zero-order valence-electron chi connectivity index (χ0n) is 10.4. The molecule has 1 aliphatic rings. The van der Waals surface area contributed by atoms with Crippen LogP contribution in [0.25, 0.3) is 0 Å². The number of rotatable bonds is 3. The summed E-state index contributed by atoms with van der Waals surface area (Å²) in [6.45, 7) is 2.02. The SMILES string of the molecule is CC(=O)SCC1CC(=O)N(c2ccc(Cl)c(F)c2)C1. The molecular formula is C13H13ClFNO2S. The Labute approximate surface area is 120 Å². The van der Waals surface area contributed by atoms with E-state index in [9.17, 15) is 14.0 Å². The molecule has 1 fully saturated rings. The number of amides is 1. The summed E-state index contributed by atoms with van der Waals surface area (Å²) in [5.74, 6) is 0.165. The van der Waals surface area contributed by atoms with Crippen molar-refractivity contribution >= 4 is 40.1 Å². The molecule has 0 aliphatic carbocycles. The summed E-state index contributed by atoms with van der Waals surface area (Å²) in [7, 11) is 0. The highest BCUT2D eigenvalue weighted by Crippen LogP contribution is 2.29. The van der Waals surface area contributed by atoms with Crippen LogP contribution < -0.4 is 4.90 Å². The van der Waals surface area contributed by atoms with Crippen LogP contribution in [0.3, 0.4) is 0 Å². The molecular weight excluding hydrogens is 289 g/mol. The lowest BCUT2D eigenvalue weighted by Gasteiger charge is -2.17. The molecule has 0 saturated carbocycles. The third-order valence-electron chi connectivity index (χ3n) is 2.94. The maximum atomic E-state index is 13.4. The van der Waals surface area contributed by atoms with Gasteiger partial charge in [0, 0.05) is 31.3 Å². The Balaban J connectivity index is 2.07. The summed E-state index contributed by atoms with van der Waals surface area (Å²) in [4.78, 5) is 24.4. The zero-order valence-corrected chi connectivity index (χ0v) is 11.9. The van der Waals surface area contributed by atoms with Gasteiger partial charge in [0.05, 0.1) is 5.02 Å². The molecule has 1 heterocycles. The van der Waals surface area contributed by atoms with E-state index in [1.165, 1.54) is 30.8 Å². The van der Waals surface area contributed by atoms with E-state index in [0.29, 0.717) is 24.4 Å². The van der Waals surface area contributed by atoms with E-state index in [0.717, 1.165) is 0 Å². The van der Waals surface area contributed by atoms with E-state index in [-0.39, 0.29) is 22.0 Å². The maximum absolute atomic E-state index is 13.4. The molecule has 2 rings (SSSR count). The molecule has 1 saturated heterocycles. The second-order valence-corrected chi connectivity index (χ2v) is 6.08. The van der Waals surface area contributed by atoms with Crippen LogP contribution in [0.1, 0.15) is 13.3 Å². The minimum absolute atomic E-state index is 0.0408. The van der Waals surface area contributed by atoms with Crippen molar-refractivity contribution in [1.29, 1.82) is 0 Å². The van der Waals surface area contributed by atoms with Gasteiger partial charge in [0.25, 0.3) is 0 Å². The number of thioether (sulfide) groups is 1. The minimum Gasteiger partial charge on any atom is -0.312 e. The van der Waals surface area contributed by atoms with Gasteiger partial charge >= 0.3 is 0 Å². The van der Waals surface area contributed by atoms with Crippen molar-refractivity contribution in [3.8, 4) is 0 Å². The van der Waals surface area contributed by atoms with Gasteiger partial charge in [0.1, 0.15) is 5.82 Å². The summed E-state index contributed by atoms with van der Waals surface area (Å²) in [6.07, 6.45) is 0.393. The Kier molecular flexibility index (Phi) is 4.47. The smallest absolute Gasteiger partial charge is 0.227 e. The van der Waals surface area contributed by atoms with E-state index in [1.54, 1.807) is 11.0 Å². The van der Waals surface area contributed by atoms with Crippen LogP contribution in [0.15, 0.2) is 18.2 Å². The molecule has 1 atom stereocenters. The Morgan fingerprint density at radius 1 is 1.58 bits per heavy atom. The minimum atomic E-state index is -0.534. The van der Waals surface area contributed by atoms with E-state index < -0.39 is 5.82 Å². The van der Waals surface area contributed by atoms with E-state index in [4.69, 9.17) is 11.6 Å². The Bertz CT molecular complexity index is 523. The highest BCUT2D eigenvalue weighted by molar-refractivity contribution is 8.13. The van der Waals surface area contributed by atoms with E-state index >= 15 is 0 Å². The van der Waals surface area contributed by atoms with E-state index in [2.05, 4.69) is 0 Å². The number of anilines is 1. The summed E-state index contributed by atoms with van der Waals surface area (Å²) in [5.41, 5.74) is 0.516. The second kappa shape index (κ2) is 5.92. The molecule has 6 heteroatoms. The van der Waals surface area contributed by atoms with Gasteiger partial charge in [-0.25, -0.2) is 4.39 Å². The molecule has 1 unspecified atom stereocenters. The highest BCUT2D eigenvalue weighted by Gasteiger charge is 2.31. The monoisotopic (exact) mass is 301 g/mol. The lowest BCUT2D eigenvalue weighted by molar-refractivity contribution is -0.117. The molecule has 0 aromatic heterocycles. The molecule has 0 radical (unpaired) electrons. The van der Waals surface area contributed by atoms with Crippen LogP contribution in [0.5, 0.6) is 0 Å². The number of benzene rings is 1. The number of nitrogens with zero attached hydrogens (tertiary/aromatic N) is 1. The predicted octanol–water partition coefficient (Wildman–Crippen LogP) is 3.11. The van der Waals surface area contributed by atoms with Gasteiger partial charge in [-0.15, -0.1) is 0 Å². The van der Waals surface area contributed by atoms with Gasteiger partial charge in [0.2, 0.25) is 5.91 Å². The first-order chi connectivity index (χ1) is 8.97. The fourth-order valence-corrected chi connectivity index (χ4v) is 2.84. The van der Waals surface area contributed by atoms with Crippen LogP contribution in [0, 0.1) is 11.7 Å². The third kappa shape index (κ3) is 3.48. The van der Waals surface area contributed by atoms with Crippen LogP contribution in [0.4, 0.5) is 10.1 Å². The molecule has 102 valence electrons. The Morgan fingerprint density at radius 2 is 2.32 bits per heavy atom. The molecule has 0 bridgehead atoms. The molecule has 1 amide bonds. The van der Waals surface area contributed by atoms with Gasteiger partial charge in [-0.1, -0.05) is 23.4 Å². The first-order valence-electron chi connectivity index (χ1n) is 5.86. The quantitative estimate of drug-likeness (QED) is 0.861. The fraction of sp³-hybridized carbons (Fsp3) is 0.385. The topological polar surface area (TPSA) is 37.4 Å². The fourth-order valence-electron chi connectivity index (χ4n) is 2.03. The summed E-state index contributed by atoms with van der Waals surface area (Å²) in [5, 5.41) is 0.0857. The highest BCUT2D eigenvalue weighted by atomic mass is 35.5. The molecule has 1 aromatic rings. The summed E-state index contributed by atoms with van der Waals surface area (Å²) in [6, 6.07) is 4.34. The number of halogens is 2. The number of carbonyl (C=O) groups is 2. The largest absolute Gasteiger partial charge is 0.312 e.